The predicted octanol–water partition coefficient (Wildman–Crippen LogP) is 2.56. The third-order valence-corrected chi connectivity index (χ3v) is 2.42. The average Bonchev–Trinajstić information content (AvgIpc) is 2.26. The van der Waals surface area contributed by atoms with Crippen LogP contribution >= 0.6 is 0 Å². The number of amides is 1. The Morgan fingerprint density at radius 1 is 1.16 bits per heavy atom. The number of unbranched alkanes of at least 4 members (excludes halogenated alkanes) is 1. The fourth-order valence-corrected chi connectivity index (χ4v) is 1.50. The molecule has 0 aliphatic rings. The van der Waals surface area contributed by atoms with Crippen molar-refractivity contribution >= 4 is 5.91 Å². The van der Waals surface area contributed by atoms with E-state index in [9.17, 15) is 28.2 Å². The van der Waals surface area contributed by atoms with Crippen molar-refractivity contribution in [3.63, 3.8) is 0 Å². The van der Waals surface area contributed by atoms with Crippen LogP contribution in [-0.4, -0.2) is 28.8 Å². The minimum Gasteiger partial charge on any atom is -0.507 e. The molecule has 1 aromatic rings. The minimum atomic E-state index is -4.19. The molecule has 0 bridgehead atoms. The summed E-state index contributed by atoms with van der Waals surface area (Å²) in [5.41, 5.74) is -0.279. The summed E-state index contributed by atoms with van der Waals surface area (Å²) >= 11 is 0. The fourth-order valence-electron chi connectivity index (χ4n) is 1.50. The number of benzene rings is 1. The molecular weight excluding hydrogens is 263 g/mol. The Labute approximate surface area is 107 Å². The molecule has 0 spiro atoms. The summed E-state index contributed by atoms with van der Waals surface area (Å²) in [6.45, 7) is 0.0443. The summed E-state index contributed by atoms with van der Waals surface area (Å²) < 4.78 is 35.6. The Kier molecular flexibility index (Phi) is 5.02. The highest BCUT2D eigenvalue weighted by Gasteiger charge is 2.25. The van der Waals surface area contributed by atoms with Crippen molar-refractivity contribution in [3.8, 4) is 11.5 Å². The van der Waals surface area contributed by atoms with Crippen molar-refractivity contribution in [2.45, 2.75) is 25.4 Å². The van der Waals surface area contributed by atoms with E-state index in [2.05, 4.69) is 5.32 Å². The third-order valence-electron chi connectivity index (χ3n) is 2.42. The quantitative estimate of drug-likeness (QED) is 0.724. The van der Waals surface area contributed by atoms with Crippen LogP contribution in [0, 0.1) is 0 Å². The van der Waals surface area contributed by atoms with Crippen LogP contribution < -0.4 is 5.32 Å². The Morgan fingerprint density at radius 3 is 2.26 bits per heavy atom. The zero-order chi connectivity index (χ0) is 14.5. The zero-order valence-corrected chi connectivity index (χ0v) is 10.00. The van der Waals surface area contributed by atoms with Crippen molar-refractivity contribution in [2.24, 2.45) is 0 Å². The summed E-state index contributed by atoms with van der Waals surface area (Å²) in [7, 11) is 0. The maximum Gasteiger partial charge on any atom is 0.389 e. The number of phenolic OH excluding ortho intramolecular Hbond substituents is 2. The molecule has 0 heterocycles. The van der Waals surface area contributed by atoms with Crippen LogP contribution in [0.25, 0.3) is 0 Å². The van der Waals surface area contributed by atoms with Gasteiger partial charge < -0.3 is 15.5 Å². The number of alkyl halides is 3. The summed E-state index contributed by atoms with van der Waals surface area (Å²) in [6.07, 6.45) is -5.01. The SMILES string of the molecule is O=C(NCCCCC(F)(F)F)c1c(O)cccc1O. The average molecular weight is 277 g/mol. The van der Waals surface area contributed by atoms with Gasteiger partial charge >= 0.3 is 6.18 Å². The first kappa shape index (κ1) is 15.1. The smallest absolute Gasteiger partial charge is 0.389 e. The van der Waals surface area contributed by atoms with Gasteiger partial charge in [-0.1, -0.05) is 6.07 Å². The van der Waals surface area contributed by atoms with E-state index in [1.54, 1.807) is 0 Å². The normalized spacial score (nSPS) is 11.3. The number of hydrogen-bond acceptors (Lipinski definition) is 3. The van der Waals surface area contributed by atoms with Gasteiger partial charge in [0.1, 0.15) is 17.1 Å². The van der Waals surface area contributed by atoms with Crippen LogP contribution in [0.15, 0.2) is 18.2 Å². The number of carbonyl (C=O) groups is 1. The number of rotatable bonds is 5. The molecule has 0 radical (unpaired) electrons. The van der Waals surface area contributed by atoms with Crippen molar-refractivity contribution in [1.82, 2.24) is 5.32 Å². The van der Waals surface area contributed by atoms with E-state index in [1.165, 1.54) is 18.2 Å². The van der Waals surface area contributed by atoms with Crippen LogP contribution in [0.1, 0.15) is 29.6 Å². The lowest BCUT2D eigenvalue weighted by atomic mass is 10.1. The van der Waals surface area contributed by atoms with E-state index in [1.807, 2.05) is 0 Å². The van der Waals surface area contributed by atoms with Crippen molar-refractivity contribution in [2.75, 3.05) is 6.54 Å². The molecule has 0 aliphatic heterocycles. The van der Waals surface area contributed by atoms with Gasteiger partial charge in [-0.2, -0.15) is 13.2 Å². The van der Waals surface area contributed by atoms with Gasteiger partial charge in [0.25, 0.3) is 5.91 Å². The standard InChI is InChI=1S/C12H14F3NO3/c13-12(14,15)6-1-2-7-16-11(19)10-8(17)4-3-5-9(10)18/h3-5,17-18H,1-2,6-7H2,(H,16,19). The highest BCUT2D eigenvalue weighted by atomic mass is 19.4. The number of phenols is 2. The molecule has 0 unspecified atom stereocenters. The molecule has 19 heavy (non-hydrogen) atoms. The molecule has 0 saturated heterocycles. The molecule has 0 saturated carbocycles. The molecule has 0 atom stereocenters. The first-order chi connectivity index (χ1) is 8.81. The van der Waals surface area contributed by atoms with Crippen LogP contribution in [0.3, 0.4) is 0 Å². The van der Waals surface area contributed by atoms with Crippen molar-refractivity contribution in [3.05, 3.63) is 23.8 Å². The lowest BCUT2D eigenvalue weighted by Crippen LogP contribution is -2.24. The second-order valence-corrected chi connectivity index (χ2v) is 4.00. The molecule has 0 fully saturated rings. The van der Waals surface area contributed by atoms with E-state index in [4.69, 9.17) is 0 Å². The zero-order valence-electron chi connectivity index (χ0n) is 10.00. The van der Waals surface area contributed by atoms with Gasteiger partial charge in [-0.3, -0.25) is 4.79 Å². The van der Waals surface area contributed by atoms with Gasteiger partial charge in [0.05, 0.1) is 0 Å². The lowest BCUT2D eigenvalue weighted by Gasteiger charge is -2.09. The van der Waals surface area contributed by atoms with E-state index in [0.29, 0.717) is 0 Å². The number of hydrogen-bond donors (Lipinski definition) is 3. The molecule has 4 nitrogen and oxygen atoms in total. The van der Waals surface area contributed by atoms with Crippen molar-refractivity contribution in [1.29, 1.82) is 0 Å². The molecule has 1 amide bonds. The van der Waals surface area contributed by atoms with Gasteiger partial charge in [0.15, 0.2) is 0 Å². The molecule has 0 aromatic heterocycles. The maximum atomic E-state index is 11.9. The number of carbonyl (C=O) groups excluding carboxylic acids is 1. The largest absolute Gasteiger partial charge is 0.507 e. The molecule has 1 aromatic carbocycles. The maximum absolute atomic E-state index is 11.9. The van der Waals surface area contributed by atoms with Crippen LogP contribution in [0.4, 0.5) is 13.2 Å². The van der Waals surface area contributed by atoms with Crippen LogP contribution in [-0.2, 0) is 0 Å². The number of halogens is 3. The lowest BCUT2D eigenvalue weighted by molar-refractivity contribution is -0.135. The minimum absolute atomic E-state index is 0.0443. The van der Waals surface area contributed by atoms with Crippen LogP contribution in [0.5, 0.6) is 11.5 Å². The van der Waals surface area contributed by atoms with Crippen LogP contribution in [0.2, 0.25) is 0 Å². The van der Waals surface area contributed by atoms with E-state index in [-0.39, 0.29) is 36.4 Å². The van der Waals surface area contributed by atoms with Gasteiger partial charge in [0, 0.05) is 13.0 Å². The Bertz CT molecular complexity index is 426. The first-order valence-electron chi connectivity index (χ1n) is 5.67. The number of aromatic hydroxyl groups is 2. The molecular formula is C12H14F3NO3. The number of nitrogens with one attached hydrogen (secondary N) is 1. The summed E-state index contributed by atoms with van der Waals surface area (Å²) in [5.74, 6) is -1.48. The summed E-state index contributed by atoms with van der Waals surface area (Å²) in [6, 6.07) is 3.83. The van der Waals surface area contributed by atoms with Gasteiger partial charge in [-0.05, 0) is 25.0 Å². The fraction of sp³-hybridized carbons (Fsp3) is 0.417. The van der Waals surface area contributed by atoms with E-state index < -0.39 is 18.5 Å². The first-order valence-corrected chi connectivity index (χ1v) is 5.67. The van der Waals surface area contributed by atoms with Gasteiger partial charge in [-0.15, -0.1) is 0 Å². The van der Waals surface area contributed by atoms with Gasteiger partial charge in [-0.25, -0.2) is 0 Å². The Hall–Kier alpha value is -1.92. The highest BCUT2D eigenvalue weighted by Crippen LogP contribution is 2.26. The second kappa shape index (κ2) is 6.31. The third kappa shape index (κ3) is 5.07. The summed E-state index contributed by atoms with van der Waals surface area (Å²) in [5, 5.41) is 21.1. The monoisotopic (exact) mass is 277 g/mol. The van der Waals surface area contributed by atoms with E-state index in [0.717, 1.165) is 0 Å². The Balaban J connectivity index is 2.40. The molecule has 7 heteroatoms. The molecule has 0 aliphatic carbocycles. The molecule has 3 N–H and O–H groups in total. The highest BCUT2D eigenvalue weighted by molar-refractivity contribution is 5.99. The molecule has 106 valence electrons. The second-order valence-electron chi connectivity index (χ2n) is 4.00. The van der Waals surface area contributed by atoms with Gasteiger partial charge in [0.2, 0.25) is 0 Å². The van der Waals surface area contributed by atoms with E-state index >= 15 is 0 Å². The topological polar surface area (TPSA) is 69.6 Å². The Morgan fingerprint density at radius 2 is 1.74 bits per heavy atom. The summed E-state index contributed by atoms with van der Waals surface area (Å²) in [4.78, 5) is 11.6. The molecule has 1 rings (SSSR count). The predicted molar refractivity (Wildman–Crippen MR) is 62.0 cm³/mol. The van der Waals surface area contributed by atoms with Crippen molar-refractivity contribution < 1.29 is 28.2 Å².